The number of benzene rings is 1. The molecule has 9 nitrogen and oxygen atoms in total. The normalized spacial score (nSPS) is 13.8. The van der Waals surface area contributed by atoms with E-state index in [0.717, 1.165) is 30.0 Å². The molecule has 166 valence electrons. The fraction of sp³-hybridized carbons (Fsp3) is 0.250. The van der Waals surface area contributed by atoms with Crippen LogP contribution in [0, 0.1) is 0 Å². The number of piperazine rings is 1. The van der Waals surface area contributed by atoms with Gasteiger partial charge in [0.05, 0.1) is 0 Å². The zero-order valence-corrected chi connectivity index (χ0v) is 18.0. The SMILES string of the molecule is O=C(CCc1nc(-c2cccnc2)no1)N1CCN(c2ccnc(-c3ccccc3)n2)CC1. The molecule has 1 aliphatic heterocycles. The Hall–Kier alpha value is -4.14. The van der Waals surface area contributed by atoms with Crippen LogP contribution in [0.4, 0.5) is 5.82 Å². The molecule has 1 fully saturated rings. The van der Waals surface area contributed by atoms with Crippen molar-refractivity contribution in [3.05, 3.63) is 73.0 Å². The van der Waals surface area contributed by atoms with Crippen molar-refractivity contribution < 1.29 is 9.32 Å². The van der Waals surface area contributed by atoms with Gasteiger partial charge < -0.3 is 14.3 Å². The van der Waals surface area contributed by atoms with Gasteiger partial charge in [-0.3, -0.25) is 9.78 Å². The summed E-state index contributed by atoms with van der Waals surface area (Å²) >= 11 is 0. The average Bonchev–Trinajstić information content (AvgIpc) is 3.38. The van der Waals surface area contributed by atoms with E-state index in [1.54, 1.807) is 18.6 Å². The second kappa shape index (κ2) is 9.56. The third-order valence-corrected chi connectivity index (χ3v) is 5.57. The predicted octanol–water partition coefficient (Wildman–Crippen LogP) is 2.87. The van der Waals surface area contributed by atoms with Crippen molar-refractivity contribution in [2.24, 2.45) is 0 Å². The molecule has 0 radical (unpaired) electrons. The predicted molar refractivity (Wildman–Crippen MR) is 122 cm³/mol. The molecule has 0 saturated carbocycles. The standard InChI is InChI=1S/C24H23N7O2/c32-22(9-8-21-28-24(29-33-21)19-7-4-11-25-17-19)31-15-13-30(14-16-31)20-10-12-26-23(27-20)18-5-2-1-3-6-18/h1-7,10-12,17H,8-9,13-16H2. The zero-order chi connectivity index (χ0) is 22.5. The molecule has 33 heavy (non-hydrogen) atoms. The van der Waals surface area contributed by atoms with Gasteiger partial charge in [0.15, 0.2) is 5.82 Å². The lowest BCUT2D eigenvalue weighted by molar-refractivity contribution is -0.131. The summed E-state index contributed by atoms with van der Waals surface area (Å²) in [6.07, 6.45) is 5.90. The molecule has 3 aromatic heterocycles. The van der Waals surface area contributed by atoms with Gasteiger partial charge in [-0.15, -0.1) is 0 Å². The topological polar surface area (TPSA) is 101 Å². The highest BCUT2D eigenvalue weighted by molar-refractivity contribution is 5.76. The maximum absolute atomic E-state index is 12.7. The van der Waals surface area contributed by atoms with Crippen molar-refractivity contribution in [3.8, 4) is 22.8 Å². The number of hydrogen-bond acceptors (Lipinski definition) is 8. The highest BCUT2D eigenvalue weighted by atomic mass is 16.5. The highest BCUT2D eigenvalue weighted by Gasteiger charge is 2.23. The average molecular weight is 441 g/mol. The molecule has 1 aromatic carbocycles. The first kappa shape index (κ1) is 20.7. The van der Waals surface area contributed by atoms with Crippen molar-refractivity contribution >= 4 is 11.7 Å². The summed E-state index contributed by atoms with van der Waals surface area (Å²) in [7, 11) is 0. The van der Waals surface area contributed by atoms with Gasteiger partial charge in [-0.05, 0) is 18.2 Å². The molecule has 1 saturated heterocycles. The molecule has 0 N–H and O–H groups in total. The minimum Gasteiger partial charge on any atom is -0.353 e. The van der Waals surface area contributed by atoms with Gasteiger partial charge in [0.25, 0.3) is 0 Å². The number of pyridine rings is 1. The molecule has 0 spiro atoms. The van der Waals surface area contributed by atoms with E-state index >= 15 is 0 Å². The van der Waals surface area contributed by atoms with Gasteiger partial charge in [-0.25, -0.2) is 9.97 Å². The summed E-state index contributed by atoms with van der Waals surface area (Å²) in [4.78, 5) is 34.3. The first-order chi connectivity index (χ1) is 16.3. The molecule has 9 heteroatoms. The van der Waals surface area contributed by atoms with Crippen molar-refractivity contribution in [2.75, 3.05) is 31.1 Å². The summed E-state index contributed by atoms with van der Waals surface area (Å²) in [5.41, 5.74) is 1.77. The van der Waals surface area contributed by atoms with Crippen molar-refractivity contribution in [2.45, 2.75) is 12.8 Å². The Morgan fingerprint density at radius 2 is 1.70 bits per heavy atom. The van der Waals surface area contributed by atoms with E-state index < -0.39 is 0 Å². The van der Waals surface area contributed by atoms with E-state index in [4.69, 9.17) is 9.51 Å². The van der Waals surface area contributed by atoms with Crippen molar-refractivity contribution in [3.63, 3.8) is 0 Å². The van der Waals surface area contributed by atoms with Crippen LogP contribution in [0.2, 0.25) is 0 Å². The van der Waals surface area contributed by atoms with Gasteiger partial charge in [-0.2, -0.15) is 4.98 Å². The Morgan fingerprint density at radius 3 is 2.48 bits per heavy atom. The van der Waals surface area contributed by atoms with Gasteiger partial charge in [0.1, 0.15) is 5.82 Å². The number of aromatic nitrogens is 5. The second-order valence-corrected chi connectivity index (χ2v) is 7.73. The molecule has 1 aliphatic rings. The number of aryl methyl sites for hydroxylation is 1. The lowest BCUT2D eigenvalue weighted by Crippen LogP contribution is -2.49. The van der Waals surface area contributed by atoms with Crippen LogP contribution >= 0.6 is 0 Å². The molecule has 1 amide bonds. The maximum Gasteiger partial charge on any atom is 0.227 e. The smallest absolute Gasteiger partial charge is 0.227 e. The summed E-state index contributed by atoms with van der Waals surface area (Å²) in [5.74, 6) is 2.61. The van der Waals surface area contributed by atoms with Gasteiger partial charge >= 0.3 is 0 Å². The Bertz CT molecular complexity index is 1210. The largest absolute Gasteiger partial charge is 0.353 e. The monoisotopic (exact) mass is 441 g/mol. The van der Waals surface area contributed by atoms with Crippen LogP contribution < -0.4 is 4.90 Å². The minimum atomic E-state index is 0.0865. The van der Waals surface area contributed by atoms with E-state index in [1.165, 1.54) is 0 Å². The third kappa shape index (κ3) is 4.87. The number of hydrogen-bond donors (Lipinski definition) is 0. The number of anilines is 1. The van der Waals surface area contributed by atoms with Crippen LogP contribution in [0.3, 0.4) is 0 Å². The fourth-order valence-corrected chi connectivity index (χ4v) is 3.78. The van der Waals surface area contributed by atoms with E-state index in [-0.39, 0.29) is 5.91 Å². The Kier molecular flexibility index (Phi) is 6.01. The lowest BCUT2D eigenvalue weighted by Gasteiger charge is -2.35. The Labute approximate surface area is 191 Å². The van der Waals surface area contributed by atoms with Crippen molar-refractivity contribution in [1.29, 1.82) is 0 Å². The molecular formula is C24H23N7O2. The van der Waals surface area contributed by atoms with Crippen LogP contribution in [-0.4, -0.2) is 62.1 Å². The minimum absolute atomic E-state index is 0.0865. The molecular weight excluding hydrogens is 418 g/mol. The van der Waals surface area contributed by atoms with Gasteiger partial charge in [0.2, 0.25) is 17.6 Å². The van der Waals surface area contributed by atoms with Crippen LogP contribution in [0.15, 0.2) is 71.6 Å². The first-order valence-corrected chi connectivity index (χ1v) is 10.9. The van der Waals surface area contributed by atoms with E-state index in [0.29, 0.717) is 43.5 Å². The summed E-state index contributed by atoms with van der Waals surface area (Å²) < 4.78 is 5.30. The molecule has 0 unspecified atom stereocenters. The first-order valence-electron chi connectivity index (χ1n) is 10.9. The Balaban J connectivity index is 1.14. The fourth-order valence-electron chi connectivity index (χ4n) is 3.78. The number of rotatable bonds is 6. The second-order valence-electron chi connectivity index (χ2n) is 7.73. The van der Waals surface area contributed by atoms with Crippen LogP contribution in [-0.2, 0) is 11.2 Å². The molecule has 0 bridgehead atoms. The summed E-state index contributed by atoms with van der Waals surface area (Å²) in [5, 5.41) is 3.98. The van der Waals surface area contributed by atoms with Gasteiger partial charge in [-0.1, -0.05) is 35.5 Å². The number of carbonyl (C=O) groups is 1. The van der Waals surface area contributed by atoms with Crippen molar-refractivity contribution in [1.82, 2.24) is 30.0 Å². The van der Waals surface area contributed by atoms with E-state index in [9.17, 15) is 4.79 Å². The summed E-state index contributed by atoms with van der Waals surface area (Å²) in [6, 6.07) is 15.5. The molecule has 0 atom stereocenters. The number of carbonyl (C=O) groups excluding carboxylic acids is 1. The zero-order valence-electron chi connectivity index (χ0n) is 18.0. The van der Waals surface area contributed by atoms with Gasteiger partial charge in [0, 0.05) is 68.7 Å². The van der Waals surface area contributed by atoms with Crippen LogP contribution in [0.1, 0.15) is 12.3 Å². The number of nitrogens with zero attached hydrogens (tertiary/aromatic N) is 7. The Morgan fingerprint density at radius 1 is 0.879 bits per heavy atom. The maximum atomic E-state index is 12.7. The molecule has 5 rings (SSSR count). The third-order valence-electron chi connectivity index (χ3n) is 5.57. The number of amides is 1. The quantitative estimate of drug-likeness (QED) is 0.450. The highest BCUT2D eigenvalue weighted by Crippen LogP contribution is 2.20. The van der Waals surface area contributed by atoms with E-state index in [1.807, 2.05) is 53.4 Å². The van der Waals surface area contributed by atoms with Crippen LogP contribution in [0.5, 0.6) is 0 Å². The molecule has 4 aromatic rings. The van der Waals surface area contributed by atoms with E-state index in [2.05, 4.69) is 25.0 Å². The molecule has 4 heterocycles. The summed E-state index contributed by atoms with van der Waals surface area (Å²) in [6.45, 7) is 2.74. The molecule has 0 aliphatic carbocycles. The van der Waals surface area contributed by atoms with Crippen LogP contribution in [0.25, 0.3) is 22.8 Å². The lowest BCUT2D eigenvalue weighted by atomic mass is 10.2.